The smallest absolute Gasteiger partial charge is 0.191 e. The number of guanidine groups is 1. The van der Waals surface area contributed by atoms with Gasteiger partial charge in [-0.1, -0.05) is 18.2 Å². The van der Waals surface area contributed by atoms with Crippen molar-refractivity contribution in [3.8, 4) is 5.75 Å². The van der Waals surface area contributed by atoms with Gasteiger partial charge in [-0.2, -0.15) is 0 Å². The Morgan fingerprint density at radius 3 is 2.79 bits per heavy atom. The van der Waals surface area contributed by atoms with Crippen molar-refractivity contribution in [2.45, 2.75) is 45.4 Å². The fraction of sp³-hybridized carbons (Fsp3) is 0.421. The molecule has 0 aliphatic carbocycles. The molecule has 1 unspecified atom stereocenters. The average Bonchev–Trinajstić information content (AvgIpc) is 2.95. The largest absolute Gasteiger partial charge is 0.487 e. The van der Waals surface area contributed by atoms with E-state index in [0.29, 0.717) is 0 Å². The van der Waals surface area contributed by atoms with Gasteiger partial charge < -0.3 is 15.4 Å². The molecule has 1 aliphatic rings. The quantitative estimate of drug-likeness (QED) is 0.653. The Morgan fingerprint density at radius 2 is 2.08 bits per heavy atom. The number of aliphatic imine (C=N–C) groups is 1. The van der Waals surface area contributed by atoms with E-state index in [4.69, 9.17) is 4.74 Å². The van der Waals surface area contributed by atoms with Crippen molar-refractivity contribution in [2.24, 2.45) is 4.99 Å². The Hall–Kier alpha value is -2.01. The molecule has 1 aromatic heterocycles. The van der Waals surface area contributed by atoms with Crippen molar-refractivity contribution in [3.63, 3.8) is 0 Å². The summed E-state index contributed by atoms with van der Waals surface area (Å²) in [6.07, 6.45) is 0.892. The Labute approximate surface area is 148 Å². The molecule has 2 aromatic rings. The monoisotopic (exact) mass is 343 g/mol. The Bertz CT molecular complexity index is 736. The van der Waals surface area contributed by atoms with Gasteiger partial charge in [-0.25, -0.2) is 0 Å². The van der Waals surface area contributed by atoms with Gasteiger partial charge in [-0.05, 0) is 39.0 Å². The Morgan fingerprint density at radius 1 is 1.29 bits per heavy atom. The first-order chi connectivity index (χ1) is 11.5. The van der Waals surface area contributed by atoms with Crippen molar-refractivity contribution in [3.05, 3.63) is 51.7 Å². The normalized spacial score (nSPS) is 19.3. The van der Waals surface area contributed by atoms with Crippen molar-refractivity contribution in [1.29, 1.82) is 0 Å². The summed E-state index contributed by atoms with van der Waals surface area (Å²) in [4.78, 5) is 7.02. The molecular formula is C19H25N3OS. The first-order valence-corrected chi connectivity index (χ1v) is 9.09. The first kappa shape index (κ1) is 16.8. The van der Waals surface area contributed by atoms with Crippen molar-refractivity contribution in [1.82, 2.24) is 10.6 Å². The van der Waals surface area contributed by atoms with Crippen LogP contribution in [0.5, 0.6) is 5.75 Å². The van der Waals surface area contributed by atoms with Gasteiger partial charge in [-0.15, -0.1) is 11.3 Å². The van der Waals surface area contributed by atoms with Crippen molar-refractivity contribution >= 4 is 17.3 Å². The third-order valence-electron chi connectivity index (χ3n) is 4.14. The minimum absolute atomic E-state index is 0.182. The second-order valence-corrected chi connectivity index (χ2v) is 8.11. The third-order valence-corrected chi connectivity index (χ3v) is 5.14. The summed E-state index contributed by atoms with van der Waals surface area (Å²) in [6, 6.07) is 12.7. The zero-order valence-electron chi connectivity index (χ0n) is 14.7. The summed E-state index contributed by atoms with van der Waals surface area (Å²) in [5, 5.41) is 6.97. The molecule has 0 radical (unpaired) electrons. The SMILES string of the molecule is CN=C(NCc1ccc(C)s1)NC1CC(C)(C)Oc2ccccc21. The number of thiophene rings is 1. The van der Waals surface area contributed by atoms with Crippen LogP contribution in [-0.2, 0) is 6.54 Å². The number of para-hydroxylation sites is 1. The van der Waals surface area contributed by atoms with Gasteiger partial charge in [0.05, 0.1) is 12.6 Å². The molecule has 1 aromatic carbocycles. The average molecular weight is 343 g/mol. The molecule has 0 fully saturated rings. The number of benzene rings is 1. The second-order valence-electron chi connectivity index (χ2n) is 6.74. The number of nitrogens with one attached hydrogen (secondary N) is 2. The van der Waals surface area contributed by atoms with Crippen LogP contribution < -0.4 is 15.4 Å². The molecule has 0 bridgehead atoms. The summed E-state index contributed by atoms with van der Waals surface area (Å²) in [5.41, 5.74) is 0.988. The molecule has 0 spiro atoms. The predicted molar refractivity (Wildman–Crippen MR) is 101 cm³/mol. The van der Waals surface area contributed by atoms with Crippen LogP contribution in [0.4, 0.5) is 0 Å². The van der Waals surface area contributed by atoms with Gasteiger partial charge >= 0.3 is 0 Å². The Kier molecular flexibility index (Phi) is 4.81. The number of ether oxygens (including phenoxy) is 1. The van der Waals surface area contributed by atoms with E-state index < -0.39 is 0 Å². The van der Waals surface area contributed by atoms with Gasteiger partial charge in [0, 0.05) is 28.8 Å². The highest BCUT2D eigenvalue weighted by Gasteiger charge is 2.33. The maximum atomic E-state index is 6.10. The fourth-order valence-corrected chi connectivity index (χ4v) is 3.87. The van der Waals surface area contributed by atoms with E-state index in [2.05, 4.69) is 60.7 Å². The number of hydrogen-bond acceptors (Lipinski definition) is 3. The molecule has 2 heterocycles. The summed E-state index contributed by atoms with van der Waals surface area (Å²) >= 11 is 1.81. The van der Waals surface area contributed by atoms with Crippen molar-refractivity contribution in [2.75, 3.05) is 7.05 Å². The molecule has 128 valence electrons. The standard InChI is InChI=1S/C19H25N3OS/c1-13-9-10-14(24-13)12-21-18(20-4)22-16-11-19(2,3)23-17-8-6-5-7-15(16)17/h5-10,16H,11-12H2,1-4H3,(H2,20,21,22). The number of hydrogen-bond donors (Lipinski definition) is 2. The van der Waals surface area contributed by atoms with Crippen LogP contribution in [-0.4, -0.2) is 18.6 Å². The number of rotatable bonds is 3. The van der Waals surface area contributed by atoms with Crippen LogP contribution >= 0.6 is 11.3 Å². The zero-order chi connectivity index (χ0) is 17.2. The minimum atomic E-state index is -0.199. The molecule has 4 nitrogen and oxygen atoms in total. The van der Waals surface area contributed by atoms with E-state index in [-0.39, 0.29) is 11.6 Å². The number of aryl methyl sites for hydroxylation is 1. The topological polar surface area (TPSA) is 45.7 Å². The molecule has 2 N–H and O–H groups in total. The molecule has 1 aliphatic heterocycles. The zero-order valence-corrected chi connectivity index (χ0v) is 15.5. The summed E-state index contributed by atoms with van der Waals surface area (Å²) in [5.74, 6) is 1.77. The lowest BCUT2D eigenvalue weighted by Crippen LogP contribution is -2.45. The lowest BCUT2D eigenvalue weighted by Gasteiger charge is -2.38. The third kappa shape index (κ3) is 3.90. The first-order valence-electron chi connectivity index (χ1n) is 8.27. The van der Waals surface area contributed by atoms with Gasteiger partial charge in [-0.3, -0.25) is 4.99 Å². The lowest BCUT2D eigenvalue weighted by atomic mass is 9.90. The Balaban J connectivity index is 1.71. The summed E-state index contributed by atoms with van der Waals surface area (Å²) < 4.78 is 6.10. The molecule has 0 saturated heterocycles. The highest BCUT2D eigenvalue weighted by Crippen LogP contribution is 2.39. The molecule has 0 saturated carbocycles. The van der Waals surface area contributed by atoms with Crippen LogP contribution in [0.3, 0.4) is 0 Å². The minimum Gasteiger partial charge on any atom is -0.487 e. The van der Waals surface area contributed by atoms with E-state index in [9.17, 15) is 0 Å². The molecule has 1 atom stereocenters. The molecule has 0 amide bonds. The lowest BCUT2D eigenvalue weighted by molar-refractivity contribution is 0.0694. The second kappa shape index (κ2) is 6.85. The van der Waals surface area contributed by atoms with Gasteiger partial charge in [0.1, 0.15) is 11.4 Å². The maximum Gasteiger partial charge on any atom is 0.191 e. The van der Waals surface area contributed by atoms with Crippen molar-refractivity contribution < 1.29 is 4.74 Å². The number of nitrogens with zero attached hydrogens (tertiary/aromatic N) is 1. The van der Waals surface area contributed by atoms with Crippen LogP contribution in [0, 0.1) is 6.92 Å². The molecular weight excluding hydrogens is 318 g/mol. The van der Waals surface area contributed by atoms with Crippen LogP contribution in [0.25, 0.3) is 0 Å². The van der Waals surface area contributed by atoms with E-state index in [1.807, 2.05) is 30.5 Å². The summed E-state index contributed by atoms with van der Waals surface area (Å²) in [6.45, 7) is 7.17. The molecule has 24 heavy (non-hydrogen) atoms. The molecule has 5 heteroatoms. The van der Waals surface area contributed by atoms with E-state index >= 15 is 0 Å². The fourth-order valence-electron chi connectivity index (χ4n) is 3.04. The van der Waals surface area contributed by atoms with Gasteiger partial charge in [0.25, 0.3) is 0 Å². The molecule has 3 rings (SSSR count). The van der Waals surface area contributed by atoms with E-state index in [1.54, 1.807) is 0 Å². The maximum absolute atomic E-state index is 6.10. The highest BCUT2D eigenvalue weighted by molar-refractivity contribution is 7.11. The van der Waals surface area contributed by atoms with Gasteiger partial charge in [0.2, 0.25) is 0 Å². The highest BCUT2D eigenvalue weighted by atomic mass is 32.1. The van der Waals surface area contributed by atoms with Gasteiger partial charge in [0.15, 0.2) is 5.96 Å². The van der Waals surface area contributed by atoms with E-state index in [0.717, 1.165) is 24.7 Å². The van der Waals surface area contributed by atoms with Crippen LogP contribution in [0.1, 0.15) is 41.6 Å². The van der Waals surface area contributed by atoms with Crippen LogP contribution in [0.2, 0.25) is 0 Å². The predicted octanol–water partition coefficient (Wildman–Crippen LogP) is 4.02. The number of fused-ring (bicyclic) bond motifs is 1. The van der Waals surface area contributed by atoms with Crippen LogP contribution in [0.15, 0.2) is 41.4 Å². The summed E-state index contributed by atoms with van der Waals surface area (Å²) in [7, 11) is 1.81. The van der Waals surface area contributed by atoms with E-state index in [1.165, 1.54) is 15.3 Å².